The molecular weight excluding hydrogens is 278 g/mol. The molecular formula is C14H20BrNO. The lowest BCUT2D eigenvalue weighted by molar-refractivity contribution is 0.221. The van der Waals surface area contributed by atoms with E-state index in [1.165, 1.54) is 37.9 Å². The molecule has 0 aliphatic carbocycles. The number of hydrogen-bond donors (Lipinski definition) is 0. The van der Waals surface area contributed by atoms with Gasteiger partial charge in [-0.25, -0.2) is 0 Å². The number of rotatable bonds is 4. The molecule has 0 bridgehead atoms. The van der Waals surface area contributed by atoms with Crippen molar-refractivity contribution in [2.45, 2.75) is 32.7 Å². The summed E-state index contributed by atoms with van der Waals surface area (Å²) in [5.41, 5.74) is 1.36. The average Bonchev–Trinajstić information content (AvgIpc) is 2.34. The maximum atomic E-state index is 5.52. The van der Waals surface area contributed by atoms with Crippen LogP contribution in [0.15, 0.2) is 22.7 Å². The predicted molar refractivity (Wildman–Crippen MR) is 74.4 cm³/mol. The first-order chi connectivity index (χ1) is 8.29. The van der Waals surface area contributed by atoms with Gasteiger partial charge in [0.15, 0.2) is 0 Å². The van der Waals surface area contributed by atoms with Crippen molar-refractivity contribution < 1.29 is 4.74 Å². The van der Waals surface area contributed by atoms with Crippen LogP contribution in [0.2, 0.25) is 0 Å². The van der Waals surface area contributed by atoms with E-state index in [9.17, 15) is 0 Å². The lowest BCUT2D eigenvalue weighted by atomic mass is 10.1. The molecule has 1 saturated heterocycles. The zero-order valence-electron chi connectivity index (χ0n) is 10.4. The number of likely N-dealkylation sites (tertiary alicyclic amines) is 1. The third kappa shape index (κ3) is 3.71. The van der Waals surface area contributed by atoms with Gasteiger partial charge in [0, 0.05) is 6.54 Å². The number of hydrogen-bond acceptors (Lipinski definition) is 2. The normalized spacial score (nSPS) is 17.1. The summed E-state index contributed by atoms with van der Waals surface area (Å²) in [5, 5.41) is 0. The summed E-state index contributed by atoms with van der Waals surface area (Å²) >= 11 is 3.57. The van der Waals surface area contributed by atoms with Crippen molar-refractivity contribution in [2.24, 2.45) is 0 Å². The van der Waals surface area contributed by atoms with E-state index >= 15 is 0 Å². The molecule has 1 aliphatic heterocycles. The van der Waals surface area contributed by atoms with Gasteiger partial charge in [-0.15, -0.1) is 0 Å². The van der Waals surface area contributed by atoms with E-state index in [1.54, 1.807) is 0 Å². The van der Waals surface area contributed by atoms with Crippen molar-refractivity contribution in [2.75, 3.05) is 19.7 Å². The lowest BCUT2D eigenvalue weighted by Crippen LogP contribution is -2.29. The fraction of sp³-hybridized carbons (Fsp3) is 0.571. The van der Waals surface area contributed by atoms with Gasteiger partial charge in [0.05, 0.1) is 11.1 Å². The third-order valence-corrected chi connectivity index (χ3v) is 3.77. The van der Waals surface area contributed by atoms with Gasteiger partial charge in [0.2, 0.25) is 0 Å². The topological polar surface area (TPSA) is 12.5 Å². The summed E-state index contributed by atoms with van der Waals surface area (Å²) in [5.74, 6) is 0.940. The Bertz CT molecular complexity index is 361. The van der Waals surface area contributed by atoms with Gasteiger partial charge >= 0.3 is 0 Å². The van der Waals surface area contributed by atoms with Gasteiger partial charge in [0.1, 0.15) is 5.75 Å². The number of nitrogens with zero attached hydrogens (tertiary/aromatic N) is 1. The zero-order chi connectivity index (χ0) is 12.1. The smallest absolute Gasteiger partial charge is 0.133 e. The van der Waals surface area contributed by atoms with Crippen molar-refractivity contribution in [1.82, 2.24) is 4.90 Å². The second kappa shape index (κ2) is 6.41. The van der Waals surface area contributed by atoms with Gasteiger partial charge in [-0.1, -0.05) is 12.5 Å². The maximum Gasteiger partial charge on any atom is 0.133 e. The monoisotopic (exact) mass is 297 g/mol. The molecule has 0 spiro atoms. The first kappa shape index (κ1) is 12.9. The SMILES string of the molecule is CCOc1ccc(CN2CCCCC2)cc1Br. The number of piperidine rings is 1. The molecule has 17 heavy (non-hydrogen) atoms. The molecule has 0 amide bonds. The minimum atomic E-state index is 0.712. The summed E-state index contributed by atoms with van der Waals surface area (Å²) in [7, 11) is 0. The highest BCUT2D eigenvalue weighted by Gasteiger charge is 2.11. The molecule has 0 aromatic heterocycles. The van der Waals surface area contributed by atoms with E-state index in [0.29, 0.717) is 6.61 Å². The van der Waals surface area contributed by atoms with E-state index in [2.05, 4.69) is 39.0 Å². The van der Waals surface area contributed by atoms with E-state index in [-0.39, 0.29) is 0 Å². The fourth-order valence-electron chi connectivity index (χ4n) is 2.29. The molecule has 1 heterocycles. The second-order valence-corrected chi connectivity index (χ2v) is 5.39. The number of halogens is 1. The summed E-state index contributed by atoms with van der Waals surface area (Å²) in [6.07, 6.45) is 4.08. The first-order valence-electron chi connectivity index (χ1n) is 6.43. The summed E-state index contributed by atoms with van der Waals surface area (Å²) in [6.45, 7) is 6.26. The maximum absolute atomic E-state index is 5.52. The van der Waals surface area contributed by atoms with Crippen LogP contribution in [-0.4, -0.2) is 24.6 Å². The van der Waals surface area contributed by atoms with Crippen molar-refractivity contribution >= 4 is 15.9 Å². The Labute approximate surface area is 112 Å². The Kier molecular flexibility index (Phi) is 4.86. The Hall–Kier alpha value is -0.540. The van der Waals surface area contributed by atoms with Crippen molar-refractivity contribution in [3.05, 3.63) is 28.2 Å². The van der Waals surface area contributed by atoms with E-state index in [1.807, 2.05) is 6.92 Å². The minimum Gasteiger partial charge on any atom is -0.493 e. The predicted octanol–water partition coefficient (Wildman–Crippen LogP) is 3.83. The van der Waals surface area contributed by atoms with Gasteiger partial charge in [0.25, 0.3) is 0 Å². The molecule has 0 saturated carbocycles. The largest absolute Gasteiger partial charge is 0.493 e. The molecule has 2 nitrogen and oxygen atoms in total. The summed E-state index contributed by atoms with van der Waals surface area (Å²) in [4.78, 5) is 2.53. The van der Waals surface area contributed by atoms with Crippen LogP contribution in [0.3, 0.4) is 0 Å². The molecule has 1 fully saturated rings. The molecule has 94 valence electrons. The van der Waals surface area contributed by atoms with Crippen LogP contribution in [-0.2, 0) is 6.54 Å². The van der Waals surface area contributed by atoms with Gasteiger partial charge < -0.3 is 4.74 Å². The average molecular weight is 298 g/mol. The van der Waals surface area contributed by atoms with Gasteiger partial charge in [-0.3, -0.25) is 4.90 Å². The zero-order valence-corrected chi connectivity index (χ0v) is 12.0. The number of benzene rings is 1. The third-order valence-electron chi connectivity index (χ3n) is 3.15. The molecule has 0 radical (unpaired) electrons. The van der Waals surface area contributed by atoms with Crippen LogP contribution in [0.4, 0.5) is 0 Å². The fourth-order valence-corrected chi connectivity index (χ4v) is 2.83. The molecule has 1 aromatic carbocycles. The molecule has 1 aliphatic rings. The Balaban J connectivity index is 1.98. The Morgan fingerprint density at radius 3 is 2.65 bits per heavy atom. The first-order valence-corrected chi connectivity index (χ1v) is 7.22. The van der Waals surface area contributed by atoms with Crippen LogP contribution in [0.5, 0.6) is 5.75 Å². The van der Waals surface area contributed by atoms with Crippen molar-refractivity contribution in [1.29, 1.82) is 0 Å². The number of ether oxygens (including phenoxy) is 1. The highest BCUT2D eigenvalue weighted by molar-refractivity contribution is 9.10. The van der Waals surface area contributed by atoms with E-state index < -0.39 is 0 Å². The van der Waals surface area contributed by atoms with Gasteiger partial charge in [-0.2, -0.15) is 0 Å². The summed E-state index contributed by atoms with van der Waals surface area (Å²) < 4.78 is 6.58. The Morgan fingerprint density at radius 2 is 2.00 bits per heavy atom. The second-order valence-electron chi connectivity index (χ2n) is 4.53. The van der Waals surface area contributed by atoms with Crippen LogP contribution in [0.25, 0.3) is 0 Å². The van der Waals surface area contributed by atoms with Crippen LogP contribution >= 0.6 is 15.9 Å². The molecule has 0 N–H and O–H groups in total. The highest BCUT2D eigenvalue weighted by Crippen LogP contribution is 2.26. The lowest BCUT2D eigenvalue weighted by Gasteiger charge is -2.26. The van der Waals surface area contributed by atoms with Crippen LogP contribution in [0.1, 0.15) is 31.7 Å². The quantitative estimate of drug-likeness (QED) is 0.837. The molecule has 1 aromatic rings. The van der Waals surface area contributed by atoms with Crippen molar-refractivity contribution in [3.8, 4) is 5.75 Å². The molecule has 2 rings (SSSR count). The van der Waals surface area contributed by atoms with Crippen LogP contribution < -0.4 is 4.74 Å². The van der Waals surface area contributed by atoms with Gasteiger partial charge in [-0.05, 0) is 66.5 Å². The molecule has 3 heteroatoms. The van der Waals surface area contributed by atoms with E-state index in [4.69, 9.17) is 4.74 Å². The molecule has 0 unspecified atom stereocenters. The standard InChI is InChI=1S/C14H20BrNO/c1-2-17-14-7-6-12(10-13(14)15)11-16-8-4-3-5-9-16/h6-7,10H,2-5,8-9,11H2,1H3. The van der Waals surface area contributed by atoms with E-state index in [0.717, 1.165) is 16.8 Å². The van der Waals surface area contributed by atoms with Crippen LogP contribution in [0, 0.1) is 0 Å². The highest BCUT2D eigenvalue weighted by atomic mass is 79.9. The Morgan fingerprint density at radius 1 is 1.24 bits per heavy atom. The molecule has 0 atom stereocenters. The summed E-state index contributed by atoms with van der Waals surface area (Å²) in [6, 6.07) is 6.41. The minimum absolute atomic E-state index is 0.712. The van der Waals surface area contributed by atoms with Crippen molar-refractivity contribution in [3.63, 3.8) is 0 Å².